The number of para-hydroxylation sites is 1. The lowest BCUT2D eigenvalue weighted by Crippen LogP contribution is -2.36. The zero-order valence-electron chi connectivity index (χ0n) is 9.63. The van der Waals surface area contributed by atoms with Gasteiger partial charge in [-0.25, -0.2) is 0 Å². The van der Waals surface area contributed by atoms with Crippen LogP contribution in [0.1, 0.15) is 31.4 Å². The second-order valence-corrected chi connectivity index (χ2v) is 4.45. The molecule has 0 saturated carbocycles. The highest BCUT2D eigenvalue weighted by Gasteiger charge is 2.20. The summed E-state index contributed by atoms with van der Waals surface area (Å²) in [6.45, 7) is 3.52. The lowest BCUT2D eigenvalue weighted by atomic mass is 10.0. The fraction of sp³-hybridized carbons (Fsp3) is 0.538. The van der Waals surface area contributed by atoms with E-state index in [0.717, 1.165) is 37.2 Å². The van der Waals surface area contributed by atoms with Gasteiger partial charge < -0.3 is 15.1 Å². The van der Waals surface area contributed by atoms with E-state index in [1.807, 2.05) is 24.3 Å². The van der Waals surface area contributed by atoms with Gasteiger partial charge in [0.2, 0.25) is 0 Å². The number of hydrogen-bond acceptors (Lipinski definition) is 3. The molecule has 3 nitrogen and oxygen atoms in total. The van der Waals surface area contributed by atoms with Crippen LogP contribution in [0.15, 0.2) is 24.3 Å². The summed E-state index contributed by atoms with van der Waals surface area (Å²) in [5, 5.41) is 19.2. The molecular weight excluding hydrogens is 202 g/mol. The SMILES string of the molecule is CC(O)c1ccccc1N1CCC(O)CC1. The lowest BCUT2D eigenvalue weighted by Gasteiger charge is -2.33. The molecule has 0 amide bonds. The van der Waals surface area contributed by atoms with Crippen LogP contribution in [-0.4, -0.2) is 29.4 Å². The number of aliphatic hydroxyl groups excluding tert-OH is 2. The van der Waals surface area contributed by atoms with E-state index < -0.39 is 6.10 Å². The second-order valence-electron chi connectivity index (χ2n) is 4.45. The zero-order chi connectivity index (χ0) is 11.5. The first-order valence-electron chi connectivity index (χ1n) is 5.88. The summed E-state index contributed by atoms with van der Waals surface area (Å²) in [6.07, 6.45) is 1.03. The fourth-order valence-electron chi connectivity index (χ4n) is 2.24. The topological polar surface area (TPSA) is 43.7 Å². The van der Waals surface area contributed by atoms with Crippen molar-refractivity contribution in [3.8, 4) is 0 Å². The largest absolute Gasteiger partial charge is 0.393 e. The Labute approximate surface area is 96.3 Å². The Morgan fingerprint density at radius 3 is 2.50 bits per heavy atom. The maximum atomic E-state index is 9.71. The molecule has 1 atom stereocenters. The molecule has 1 saturated heterocycles. The molecule has 1 aromatic carbocycles. The molecule has 1 aromatic rings. The van der Waals surface area contributed by atoms with E-state index in [0.29, 0.717) is 0 Å². The van der Waals surface area contributed by atoms with Gasteiger partial charge in [0.1, 0.15) is 0 Å². The normalized spacial score (nSPS) is 19.8. The van der Waals surface area contributed by atoms with Crippen LogP contribution in [0.25, 0.3) is 0 Å². The minimum absolute atomic E-state index is 0.157. The van der Waals surface area contributed by atoms with Crippen molar-refractivity contribution in [2.75, 3.05) is 18.0 Å². The van der Waals surface area contributed by atoms with E-state index in [1.165, 1.54) is 0 Å². The molecule has 2 rings (SSSR count). The first-order valence-corrected chi connectivity index (χ1v) is 5.88. The molecule has 1 heterocycles. The van der Waals surface area contributed by atoms with Gasteiger partial charge in [-0.2, -0.15) is 0 Å². The van der Waals surface area contributed by atoms with Crippen LogP contribution in [-0.2, 0) is 0 Å². The van der Waals surface area contributed by atoms with Crippen molar-refractivity contribution in [1.29, 1.82) is 0 Å². The summed E-state index contributed by atoms with van der Waals surface area (Å²) in [5.41, 5.74) is 2.07. The van der Waals surface area contributed by atoms with Crippen LogP contribution >= 0.6 is 0 Å². The monoisotopic (exact) mass is 221 g/mol. The van der Waals surface area contributed by atoms with Crippen LogP contribution < -0.4 is 4.90 Å². The number of benzene rings is 1. The summed E-state index contributed by atoms with van der Waals surface area (Å²) in [4.78, 5) is 2.24. The van der Waals surface area contributed by atoms with Crippen LogP contribution in [0.3, 0.4) is 0 Å². The molecule has 88 valence electrons. The van der Waals surface area contributed by atoms with E-state index in [-0.39, 0.29) is 6.10 Å². The van der Waals surface area contributed by atoms with Crippen molar-refractivity contribution in [3.63, 3.8) is 0 Å². The van der Waals surface area contributed by atoms with E-state index in [2.05, 4.69) is 4.90 Å². The molecule has 0 bridgehead atoms. The van der Waals surface area contributed by atoms with E-state index in [9.17, 15) is 10.2 Å². The molecule has 0 radical (unpaired) electrons. The molecule has 1 fully saturated rings. The van der Waals surface area contributed by atoms with Crippen LogP contribution in [0.5, 0.6) is 0 Å². The van der Waals surface area contributed by atoms with Gasteiger partial charge in [-0.3, -0.25) is 0 Å². The summed E-state index contributed by atoms with van der Waals surface area (Å²) < 4.78 is 0. The second kappa shape index (κ2) is 4.85. The molecule has 3 heteroatoms. The fourth-order valence-corrected chi connectivity index (χ4v) is 2.24. The number of nitrogens with zero attached hydrogens (tertiary/aromatic N) is 1. The third-order valence-corrected chi connectivity index (χ3v) is 3.19. The molecule has 2 N–H and O–H groups in total. The van der Waals surface area contributed by atoms with Gasteiger partial charge in [-0.15, -0.1) is 0 Å². The Balaban J connectivity index is 2.19. The molecular formula is C13H19NO2. The third kappa shape index (κ3) is 2.36. The molecule has 1 unspecified atom stereocenters. The average molecular weight is 221 g/mol. The van der Waals surface area contributed by atoms with Gasteiger partial charge in [0.25, 0.3) is 0 Å². The Hall–Kier alpha value is -1.06. The first-order chi connectivity index (χ1) is 7.68. The highest BCUT2D eigenvalue weighted by molar-refractivity contribution is 5.54. The van der Waals surface area contributed by atoms with E-state index >= 15 is 0 Å². The predicted molar refractivity (Wildman–Crippen MR) is 64.5 cm³/mol. The Bertz CT molecular complexity index is 344. The highest BCUT2D eigenvalue weighted by Crippen LogP contribution is 2.28. The number of aliphatic hydroxyl groups is 2. The van der Waals surface area contributed by atoms with Crippen LogP contribution in [0.2, 0.25) is 0 Å². The van der Waals surface area contributed by atoms with Gasteiger partial charge >= 0.3 is 0 Å². The van der Waals surface area contributed by atoms with Gasteiger partial charge in [0, 0.05) is 24.3 Å². The van der Waals surface area contributed by atoms with E-state index in [4.69, 9.17) is 0 Å². The van der Waals surface area contributed by atoms with Crippen molar-refractivity contribution in [2.24, 2.45) is 0 Å². The van der Waals surface area contributed by atoms with Gasteiger partial charge in [0.05, 0.1) is 12.2 Å². The highest BCUT2D eigenvalue weighted by atomic mass is 16.3. The van der Waals surface area contributed by atoms with Crippen molar-refractivity contribution in [3.05, 3.63) is 29.8 Å². The van der Waals surface area contributed by atoms with Crippen LogP contribution in [0.4, 0.5) is 5.69 Å². The Kier molecular flexibility index (Phi) is 3.46. The Morgan fingerprint density at radius 1 is 1.25 bits per heavy atom. The summed E-state index contributed by atoms with van der Waals surface area (Å²) in [6, 6.07) is 7.95. The molecule has 1 aliphatic rings. The quantitative estimate of drug-likeness (QED) is 0.799. The minimum atomic E-state index is -0.442. The van der Waals surface area contributed by atoms with Crippen molar-refractivity contribution < 1.29 is 10.2 Å². The van der Waals surface area contributed by atoms with Gasteiger partial charge in [0.15, 0.2) is 0 Å². The molecule has 0 aromatic heterocycles. The summed E-state index contributed by atoms with van der Waals surface area (Å²) >= 11 is 0. The van der Waals surface area contributed by atoms with Crippen molar-refractivity contribution in [2.45, 2.75) is 32.0 Å². The summed E-state index contributed by atoms with van der Waals surface area (Å²) in [7, 11) is 0. The number of piperidine rings is 1. The van der Waals surface area contributed by atoms with Crippen LogP contribution in [0, 0.1) is 0 Å². The summed E-state index contributed by atoms with van der Waals surface area (Å²) in [5.74, 6) is 0. The minimum Gasteiger partial charge on any atom is -0.393 e. The molecule has 16 heavy (non-hydrogen) atoms. The lowest BCUT2D eigenvalue weighted by molar-refractivity contribution is 0.145. The molecule has 0 aliphatic carbocycles. The smallest absolute Gasteiger partial charge is 0.0781 e. The standard InChI is InChI=1S/C13H19NO2/c1-10(15)12-4-2-3-5-13(12)14-8-6-11(16)7-9-14/h2-5,10-11,15-16H,6-9H2,1H3. The van der Waals surface area contributed by atoms with Gasteiger partial charge in [-0.1, -0.05) is 18.2 Å². The van der Waals surface area contributed by atoms with E-state index in [1.54, 1.807) is 6.92 Å². The predicted octanol–water partition coefficient (Wildman–Crippen LogP) is 1.70. The van der Waals surface area contributed by atoms with Crippen molar-refractivity contribution >= 4 is 5.69 Å². The van der Waals surface area contributed by atoms with Gasteiger partial charge in [-0.05, 0) is 25.8 Å². The number of hydrogen-bond donors (Lipinski definition) is 2. The molecule has 0 spiro atoms. The molecule has 1 aliphatic heterocycles. The van der Waals surface area contributed by atoms with Crippen molar-refractivity contribution in [1.82, 2.24) is 0 Å². The first kappa shape index (κ1) is 11.4. The maximum Gasteiger partial charge on any atom is 0.0781 e. The average Bonchev–Trinajstić information content (AvgIpc) is 2.30. The Morgan fingerprint density at radius 2 is 1.88 bits per heavy atom. The number of anilines is 1. The third-order valence-electron chi connectivity index (χ3n) is 3.19. The maximum absolute atomic E-state index is 9.71. The zero-order valence-corrected chi connectivity index (χ0v) is 9.63. The number of rotatable bonds is 2.